The smallest absolute Gasteiger partial charge is 0.225 e. The molecule has 1 amide bonds. The van der Waals surface area contributed by atoms with Crippen LogP contribution in [0.3, 0.4) is 0 Å². The third-order valence-corrected chi connectivity index (χ3v) is 3.83. The standard InChI is InChI=1S/C13H14N2O4S/c1-8(16)14-4-2-3-5-20-11-6-10(17)13-9(12(11)18)7-15-19-13/h6-7H,2-5H2,1H3,(H,14,16). The van der Waals surface area contributed by atoms with Gasteiger partial charge in [-0.15, -0.1) is 11.8 Å². The Kier molecular flexibility index (Phi) is 4.73. The molecule has 1 aromatic heterocycles. The van der Waals surface area contributed by atoms with Crippen LogP contribution in [0, 0.1) is 0 Å². The van der Waals surface area contributed by atoms with Gasteiger partial charge in [0.05, 0.1) is 16.7 Å². The topological polar surface area (TPSA) is 89.3 Å². The number of amides is 1. The number of hydrogen-bond donors (Lipinski definition) is 1. The second-order valence-corrected chi connectivity index (χ2v) is 5.45. The molecular formula is C13H14N2O4S. The summed E-state index contributed by atoms with van der Waals surface area (Å²) in [6.45, 7) is 2.10. The predicted molar refractivity (Wildman–Crippen MR) is 73.6 cm³/mol. The minimum absolute atomic E-state index is 0.0185. The largest absolute Gasteiger partial charge is 0.356 e. The highest BCUT2D eigenvalue weighted by molar-refractivity contribution is 8.04. The van der Waals surface area contributed by atoms with E-state index in [0.29, 0.717) is 17.2 Å². The van der Waals surface area contributed by atoms with Gasteiger partial charge in [0.25, 0.3) is 0 Å². The van der Waals surface area contributed by atoms with Crippen LogP contribution in [0.2, 0.25) is 0 Å². The number of Topliss-reactive ketones (excluding diaryl/α,β-unsaturated/α-hetero) is 1. The third kappa shape index (κ3) is 3.36. The van der Waals surface area contributed by atoms with Gasteiger partial charge in [-0.05, 0) is 18.6 Å². The summed E-state index contributed by atoms with van der Waals surface area (Å²) in [5.74, 6) is 0.148. The molecule has 6 nitrogen and oxygen atoms in total. The molecule has 0 fully saturated rings. The lowest BCUT2D eigenvalue weighted by Gasteiger charge is -2.09. The molecule has 1 aliphatic rings. The summed E-state index contributed by atoms with van der Waals surface area (Å²) in [6.07, 6.45) is 4.26. The van der Waals surface area contributed by atoms with Gasteiger partial charge < -0.3 is 9.84 Å². The number of thioether (sulfide) groups is 1. The summed E-state index contributed by atoms with van der Waals surface area (Å²) in [4.78, 5) is 34.8. The summed E-state index contributed by atoms with van der Waals surface area (Å²) < 4.78 is 4.75. The molecule has 0 bridgehead atoms. The number of allylic oxidation sites excluding steroid dienone is 2. The van der Waals surface area contributed by atoms with Gasteiger partial charge in [0, 0.05) is 19.5 Å². The number of nitrogens with zero attached hydrogens (tertiary/aromatic N) is 1. The monoisotopic (exact) mass is 294 g/mol. The van der Waals surface area contributed by atoms with Gasteiger partial charge >= 0.3 is 0 Å². The second kappa shape index (κ2) is 6.51. The molecule has 106 valence electrons. The number of unbranched alkanes of at least 4 members (excludes halogenated alkanes) is 1. The molecule has 20 heavy (non-hydrogen) atoms. The van der Waals surface area contributed by atoms with Crippen molar-refractivity contribution in [2.24, 2.45) is 0 Å². The van der Waals surface area contributed by atoms with E-state index in [2.05, 4.69) is 10.5 Å². The van der Waals surface area contributed by atoms with Crippen LogP contribution in [0.5, 0.6) is 0 Å². The van der Waals surface area contributed by atoms with Crippen LogP contribution >= 0.6 is 11.8 Å². The summed E-state index contributed by atoms with van der Waals surface area (Å²) in [5, 5.41) is 6.18. The van der Waals surface area contributed by atoms with Gasteiger partial charge in [-0.25, -0.2) is 0 Å². The van der Waals surface area contributed by atoms with Gasteiger partial charge in [0.1, 0.15) is 0 Å². The van der Waals surface area contributed by atoms with Gasteiger partial charge in [-0.2, -0.15) is 0 Å². The average Bonchev–Trinajstić information content (AvgIpc) is 2.88. The lowest BCUT2D eigenvalue weighted by atomic mass is 10.0. The zero-order valence-electron chi connectivity index (χ0n) is 11.0. The molecule has 0 saturated heterocycles. The third-order valence-electron chi connectivity index (χ3n) is 2.73. The van der Waals surface area contributed by atoms with Crippen molar-refractivity contribution in [2.45, 2.75) is 19.8 Å². The number of carbonyl (C=O) groups excluding carboxylic acids is 3. The molecule has 1 aromatic rings. The first kappa shape index (κ1) is 14.5. The van der Waals surface area contributed by atoms with Crippen molar-refractivity contribution in [3.8, 4) is 0 Å². The van der Waals surface area contributed by atoms with Gasteiger partial charge in [0.15, 0.2) is 0 Å². The van der Waals surface area contributed by atoms with Crippen molar-refractivity contribution in [1.29, 1.82) is 0 Å². The van der Waals surface area contributed by atoms with E-state index in [1.807, 2.05) is 0 Å². The molecule has 0 radical (unpaired) electrons. The van der Waals surface area contributed by atoms with Crippen molar-refractivity contribution in [3.05, 3.63) is 28.5 Å². The Morgan fingerprint density at radius 3 is 2.95 bits per heavy atom. The molecule has 2 rings (SSSR count). The second-order valence-electron chi connectivity index (χ2n) is 4.31. The van der Waals surface area contributed by atoms with E-state index in [0.717, 1.165) is 12.8 Å². The molecular weight excluding hydrogens is 280 g/mol. The maximum Gasteiger partial charge on any atom is 0.225 e. The highest BCUT2D eigenvalue weighted by Gasteiger charge is 2.29. The van der Waals surface area contributed by atoms with Crippen molar-refractivity contribution in [2.75, 3.05) is 12.3 Å². The fourth-order valence-electron chi connectivity index (χ4n) is 1.74. The average molecular weight is 294 g/mol. The minimum atomic E-state index is -0.321. The quantitative estimate of drug-likeness (QED) is 0.801. The number of carbonyl (C=O) groups is 3. The lowest BCUT2D eigenvalue weighted by molar-refractivity contribution is -0.118. The first-order chi connectivity index (χ1) is 9.59. The van der Waals surface area contributed by atoms with E-state index in [-0.39, 0.29) is 28.8 Å². The molecule has 0 aromatic carbocycles. The molecule has 0 atom stereocenters. The van der Waals surface area contributed by atoms with Crippen LogP contribution in [0.25, 0.3) is 0 Å². The Bertz CT molecular complexity index is 577. The SMILES string of the molecule is CC(=O)NCCCCSC1=CC(=O)c2oncc2C1=O. The minimum Gasteiger partial charge on any atom is -0.356 e. The molecule has 7 heteroatoms. The maximum atomic E-state index is 12.0. The van der Waals surface area contributed by atoms with Gasteiger partial charge in [0.2, 0.25) is 23.2 Å². The Hall–Kier alpha value is -1.89. The fourth-order valence-corrected chi connectivity index (χ4v) is 2.74. The van der Waals surface area contributed by atoms with E-state index in [1.54, 1.807) is 0 Å². The first-order valence-corrected chi connectivity index (χ1v) is 7.21. The summed E-state index contributed by atoms with van der Waals surface area (Å²) in [7, 11) is 0. The van der Waals surface area contributed by atoms with Crippen molar-refractivity contribution < 1.29 is 18.9 Å². The van der Waals surface area contributed by atoms with E-state index >= 15 is 0 Å². The molecule has 1 heterocycles. The van der Waals surface area contributed by atoms with Crippen molar-refractivity contribution >= 4 is 29.2 Å². The highest BCUT2D eigenvalue weighted by Crippen LogP contribution is 2.28. The number of rotatable bonds is 6. The molecule has 1 N–H and O–H groups in total. The Morgan fingerprint density at radius 1 is 1.40 bits per heavy atom. The Labute approximate surface area is 120 Å². The molecule has 0 spiro atoms. The van der Waals surface area contributed by atoms with Crippen LogP contribution in [0.4, 0.5) is 0 Å². The predicted octanol–water partition coefficient (Wildman–Crippen LogP) is 1.59. The molecule has 0 saturated carbocycles. The van der Waals surface area contributed by atoms with Crippen molar-refractivity contribution in [1.82, 2.24) is 10.5 Å². The van der Waals surface area contributed by atoms with Gasteiger partial charge in [-0.1, -0.05) is 5.16 Å². The molecule has 1 aliphatic carbocycles. The first-order valence-electron chi connectivity index (χ1n) is 6.22. The van der Waals surface area contributed by atoms with Gasteiger partial charge in [-0.3, -0.25) is 14.4 Å². The van der Waals surface area contributed by atoms with Crippen molar-refractivity contribution in [3.63, 3.8) is 0 Å². The number of nitrogens with one attached hydrogen (secondary N) is 1. The van der Waals surface area contributed by atoms with Crippen LogP contribution in [0.15, 0.2) is 21.7 Å². The van der Waals surface area contributed by atoms with Crippen LogP contribution < -0.4 is 5.32 Å². The summed E-state index contributed by atoms with van der Waals surface area (Å²) in [5.41, 5.74) is 0.234. The van der Waals surface area contributed by atoms with Crippen LogP contribution in [-0.2, 0) is 4.79 Å². The number of hydrogen-bond acceptors (Lipinski definition) is 6. The zero-order valence-corrected chi connectivity index (χ0v) is 11.8. The maximum absolute atomic E-state index is 12.0. The molecule has 0 unspecified atom stereocenters. The van der Waals surface area contributed by atoms with E-state index < -0.39 is 0 Å². The fraction of sp³-hybridized carbons (Fsp3) is 0.385. The Balaban J connectivity index is 1.81. The van der Waals surface area contributed by atoms with E-state index in [4.69, 9.17) is 4.52 Å². The Morgan fingerprint density at radius 2 is 2.20 bits per heavy atom. The molecule has 0 aliphatic heterocycles. The summed E-state index contributed by atoms with van der Waals surface area (Å²) in [6, 6.07) is 0. The van der Waals surface area contributed by atoms with Crippen LogP contribution in [-0.4, -0.2) is 34.9 Å². The lowest BCUT2D eigenvalue weighted by Crippen LogP contribution is -2.20. The van der Waals surface area contributed by atoms with Crippen LogP contribution in [0.1, 0.15) is 40.7 Å². The zero-order chi connectivity index (χ0) is 14.5. The number of ketones is 2. The van der Waals surface area contributed by atoms with E-state index in [1.165, 1.54) is 31.0 Å². The number of aromatic nitrogens is 1. The normalized spacial score (nSPS) is 13.9. The highest BCUT2D eigenvalue weighted by atomic mass is 32.2. The number of fused-ring (bicyclic) bond motifs is 1. The summed E-state index contributed by atoms with van der Waals surface area (Å²) >= 11 is 1.34. The van der Waals surface area contributed by atoms with E-state index in [9.17, 15) is 14.4 Å².